The number of halogens is 1. The molecular weight excluding hydrogens is 515 g/mol. The highest BCUT2D eigenvalue weighted by molar-refractivity contribution is 7.92. The number of nitrogens with zero attached hydrogens (tertiary/aromatic N) is 3. The molecule has 1 N–H and O–H groups in total. The van der Waals surface area contributed by atoms with Crippen LogP contribution in [0.25, 0.3) is 5.69 Å². The number of aromatic nitrogens is 1. The van der Waals surface area contributed by atoms with E-state index < -0.39 is 28.3 Å². The van der Waals surface area contributed by atoms with Gasteiger partial charge in [0.1, 0.15) is 12.4 Å². The Morgan fingerprint density at radius 3 is 2.28 bits per heavy atom. The van der Waals surface area contributed by atoms with E-state index >= 15 is 0 Å². The first-order chi connectivity index (χ1) is 18.5. The largest absolute Gasteiger partial charge is 0.318 e. The van der Waals surface area contributed by atoms with E-state index in [4.69, 9.17) is 0 Å². The van der Waals surface area contributed by atoms with Crippen molar-refractivity contribution in [2.45, 2.75) is 39.5 Å². The number of carbonyl (C=O) groups excluding carboxylic acids is 1. The van der Waals surface area contributed by atoms with Gasteiger partial charge in [-0.25, -0.2) is 18.2 Å². The van der Waals surface area contributed by atoms with Crippen molar-refractivity contribution in [2.24, 2.45) is 5.10 Å². The number of nitrogens with one attached hydrogen (secondary N) is 1. The van der Waals surface area contributed by atoms with Crippen LogP contribution in [0, 0.1) is 40.4 Å². The average molecular weight is 547 g/mol. The first-order valence-corrected chi connectivity index (χ1v) is 13.9. The third kappa shape index (κ3) is 5.93. The molecule has 0 saturated carbocycles. The fourth-order valence-corrected chi connectivity index (χ4v) is 5.90. The molecule has 7 nitrogen and oxygen atoms in total. The van der Waals surface area contributed by atoms with Crippen LogP contribution in [0.4, 0.5) is 10.1 Å². The van der Waals surface area contributed by atoms with Gasteiger partial charge < -0.3 is 4.57 Å². The van der Waals surface area contributed by atoms with Gasteiger partial charge in [-0.05, 0) is 76.6 Å². The topological polar surface area (TPSA) is 83.8 Å². The number of aryl methyl sites for hydroxylation is 4. The summed E-state index contributed by atoms with van der Waals surface area (Å²) in [6.07, 6.45) is 1.52. The van der Waals surface area contributed by atoms with Gasteiger partial charge in [0.15, 0.2) is 0 Å². The lowest BCUT2D eigenvalue weighted by molar-refractivity contribution is -0.119. The number of sulfonamides is 1. The van der Waals surface area contributed by atoms with Gasteiger partial charge in [-0.15, -0.1) is 0 Å². The van der Waals surface area contributed by atoms with E-state index in [0.29, 0.717) is 0 Å². The van der Waals surface area contributed by atoms with E-state index in [1.807, 2.05) is 33.8 Å². The van der Waals surface area contributed by atoms with Crippen LogP contribution in [0.15, 0.2) is 82.8 Å². The Morgan fingerprint density at radius 1 is 0.949 bits per heavy atom. The highest BCUT2D eigenvalue weighted by Gasteiger charge is 2.29. The number of hydrogen-bond acceptors (Lipinski definition) is 4. The molecular formula is C30H31FN4O3S. The molecule has 1 amide bonds. The van der Waals surface area contributed by atoms with Crippen LogP contribution in [0.3, 0.4) is 0 Å². The Hall–Kier alpha value is -4.24. The standard InChI is InChI=1S/C30H31FN4O3S/c1-20-10-13-26(14-11-20)39(37,38)34(29-9-7-6-8-27(29)31)19-30(36)33-32-18-25-17-23(4)35(24(25)5)28-15-12-21(2)16-22(28)3/h6-18H,19H2,1-5H3,(H,33,36)/b32-18-. The molecule has 0 fully saturated rings. The molecule has 39 heavy (non-hydrogen) atoms. The molecule has 0 radical (unpaired) electrons. The zero-order valence-electron chi connectivity index (χ0n) is 22.6. The van der Waals surface area contributed by atoms with Crippen LogP contribution in [-0.4, -0.2) is 31.7 Å². The minimum Gasteiger partial charge on any atom is -0.318 e. The highest BCUT2D eigenvalue weighted by atomic mass is 32.2. The third-order valence-corrected chi connectivity index (χ3v) is 8.25. The fourth-order valence-electron chi connectivity index (χ4n) is 4.48. The van der Waals surface area contributed by atoms with Gasteiger partial charge in [0, 0.05) is 22.6 Å². The number of hydrazone groups is 1. The monoisotopic (exact) mass is 546 g/mol. The van der Waals surface area contributed by atoms with E-state index in [-0.39, 0.29) is 10.6 Å². The van der Waals surface area contributed by atoms with Gasteiger partial charge in [0.05, 0.1) is 16.8 Å². The van der Waals surface area contributed by atoms with Crippen LogP contribution >= 0.6 is 0 Å². The minimum atomic E-state index is -4.24. The first-order valence-electron chi connectivity index (χ1n) is 12.4. The number of amides is 1. The van der Waals surface area contributed by atoms with Crippen molar-refractivity contribution in [3.8, 4) is 5.69 Å². The van der Waals surface area contributed by atoms with Crippen molar-refractivity contribution in [3.63, 3.8) is 0 Å². The quantitative estimate of drug-likeness (QED) is 0.234. The van der Waals surface area contributed by atoms with Crippen molar-refractivity contribution in [1.82, 2.24) is 9.99 Å². The molecule has 0 bridgehead atoms. The SMILES string of the molecule is Cc1ccc(S(=O)(=O)N(CC(=O)N/N=C\c2cc(C)n(-c3ccc(C)cc3C)c2C)c2ccccc2F)cc1. The lowest BCUT2D eigenvalue weighted by Gasteiger charge is -2.24. The number of rotatable bonds is 8. The Bertz CT molecular complexity index is 1660. The molecule has 9 heteroatoms. The van der Waals surface area contributed by atoms with E-state index in [1.165, 1.54) is 42.1 Å². The lowest BCUT2D eigenvalue weighted by atomic mass is 10.1. The van der Waals surface area contributed by atoms with Crippen LogP contribution in [0.5, 0.6) is 0 Å². The van der Waals surface area contributed by atoms with Gasteiger partial charge >= 0.3 is 0 Å². The molecule has 1 heterocycles. The molecule has 1 aromatic heterocycles. The van der Waals surface area contributed by atoms with E-state index in [0.717, 1.165) is 44.1 Å². The fraction of sp³-hybridized carbons (Fsp3) is 0.200. The average Bonchev–Trinajstić information content (AvgIpc) is 3.16. The molecule has 0 aliphatic carbocycles. The summed E-state index contributed by atoms with van der Waals surface area (Å²) < 4.78 is 44.4. The molecule has 3 aromatic carbocycles. The van der Waals surface area contributed by atoms with Gasteiger partial charge in [0.25, 0.3) is 15.9 Å². The summed E-state index contributed by atoms with van der Waals surface area (Å²) in [6, 6.07) is 19.8. The zero-order chi connectivity index (χ0) is 28.3. The normalized spacial score (nSPS) is 11.6. The summed E-state index contributed by atoms with van der Waals surface area (Å²) in [6.45, 7) is 9.23. The van der Waals surface area contributed by atoms with Gasteiger partial charge in [-0.3, -0.25) is 9.10 Å². The molecule has 4 aromatic rings. The Morgan fingerprint density at radius 2 is 1.62 bits per heavy atom. The molecule has 0 aliphatic rings. The summed E-state index contributed by atoms with van der Waals surface area (Å²) in [5, 5.41) is 4.07. The summed E-state index contributed by atoms with van der Waals surface area (Å²) in [7, 11) is -4.24. The van der Waals surface area contributed by atoms with Crippen LogP contribution in [0.2, 0.25) is 0 Å². The van der Waals surface area contributed by atoms with E-state index in [1.54, 1.807) is 12.1 Å². The Balaban J connectivity index is 1.57. The van der Waals surface area contributed by atoms with Gasteiger partial charge in [0.2, 0.25) is 0 Å². The summed E-state index contributed by atoms with van der Waals surface area (Å²) in [5.74, 6) is -1.48. The van der Waals surface area contributed by atoms with Crippen molar-refractivity contribution < 1.29 is 17.6 Å². The smallest absolute Gasteiger partial charge is 0.264 e. The van der Waals surface area contributed by atoms with Crippen molar-refractivity contribution in [2.75, 3.05) is 10.8 Å². The van der Waals surface area contributed by atoms with Crippen LogP contribution in [-0.2, 0) is 14.8 Å². The maximum absolute atomic E-state index is 14.7. The van der Waals surface area contributed by atoms with Crippen LogP contribution in [0.1, 0.15) is 33.6 Å². The summed E-state index contributed by atoms with van der Waals surface area (Å²) >= 11 is 0. The van der Waals surface area contributed by atoms with Crippen molar-refractivity contribution >= 4 is 27.8 Å². The minimum absolute atomic E-state index is 0.0495. The van der Waals surface area contributed by atoms with E-state index in [2.05, 4.69) is 40.2 Å². The molecule has 0 unspecified atom stereocenters. The van der Waals surface area contributed by atoms with Crippen molar-refractivity contribution in [3.05, 3.63) is 112 Å². The summed E-state index contributed by atoms with van der Waals surface area (Å²) in [4.78, 5) is 12.8. The maximum Gasteiger partial charge on any atom is 0.264 e. The molecule has 0 aliphatic heterocycles. The summed E-state index contributed by atoms with van der Waals surface area (Å²) in [5.41, 5.74) is 9.14. The number of carbonyl (C=O) groups is 1. The highest BCUT2D eigenvalue weighted by Crippen LogP contribution is 2.26. The molecule has 0 atom stereocenters. The molecule has 0 saturated heterocycles. The second-order valence-corrected chi connectivity index (χ2v) is 11.4. The number of para-hydroxylation sites is 1. The first kappa shape index (κ1) is 27.8. The lowest BCUT2D eigenvalue weighted by Crippen LogP contribution is -2.40. The van der Waals surface area contributed by atoms with Crippen LogP contribution < -0.4 is 9.73 Å². The maximum atomic E-state index is 14.7. The molecule has 4 rings (SSSR count). The molecule has 0 spiro atoms. The second kappa shape index (κ2) is 11.2. The van der Waals surface area contributed by atoms with Crippen molar-refractivity contribution in [1.29, 1.82) is 0 Å². The number of anilines is 1. The van der Waals surface area contributed by atoms with Gasteiger partial charge in [-0.1, -0.05) is 47.5 Å². The predicted molar refractivity (Wildman–Crippen MR) is 153 cm³/mol. The Labute approximate surface area is 228 Å². The number of hydrogen-bond donors (Lipinski definition) is 1. The Kier molecular flexibility index (Phi) is 8.01. The van der Waals surface area contributed by atoms with E-state index in [9.17, 15) is 17.6 Å². The van der Waals surface area contributed by atoms with Gasteiger partial charge in [-0.2, -0.15) is 5.10 Å². The zero-order valence-corrected chi connectivity index (χ0v) is 23.4. The third-order valence-electron chi connectivity index (χ3n) is 6.47. The molecule has 202 valence electrons. The second-order valence-electron chi connectivity index (χ2n) is 9.52. The number of benzene rings is 3. The predicted octanol–water partition coefficient (Wildman–Crippen LogP) is 5.50.